The Labute approximate surface area is 109 Å². The lowest BCUT2D eigenvalue weighted by Gasteiger charge is -2.14. The Balaban J connectivity index is 1.42. The van der Waals surface area contributed by atoms with Gasteiger partial charge in [0.2, 0.25) is 0 Å². The average Bonchev–Trinajstić information content (AvgIpc) is 3.05. The zero-order chi connectivity index (χ0) is 12.2. The molecule has 1 aromatic carbocycles. The maximum atomic E-state index is 5.44. The van der Waals surface area contributed by atoms with Crippen LogP contribution in [0.3, 0.4) is 0 Å². The molecule has 2 aliphatic rings. The van der Waals surface area contributed by atoms with Crippen molar-refractivity contribution in [3.63, 3.8) is 0 Å². The van der Waals surface area contributed by atoms with Crippen molar-refractivity contribution < 1.29 is 4.74 Å². The highest BCUT2D eigenvalue weighted by Crippen LogP contribution is 2.20. The molecule has 0 unspecified atom stereocenters. The summed E-state index contributed by atoms with van der Waals surface area (Å²) >= 11 is 0. The van der Waals surface area contributed by atoms with E-state index in [0.29, 0.717) is 0 Å². The third-order valence-corrected chi connectivity index (χ3v) is 3.92. The monoisotopic (exact) mass is 246 g/mol. The lowest BCUT2D eigenvalue weighted by atomic mass is 10.1. The summed E-state index contributed by atoms with van der Waals surface area (Å²) < 4.78 is 5.44. The van der Waals surface area contributed by atoms with Crippen molar-refractivity contribution >= 4 is 0 Å². The van der Waals surface area contributed by atoms with E-state index in [4.69, 9.17) is 4.74 Å². The molecule has 2 aliphatic heterocycles. The molecule has 0 bridgehead atoms. The van der Waals surface area contributed by atoms with Gasteiger partial charge in [-0.2, -0.15) is 0 Å². The van der Waals surface area contributed by atoms with Gasteiger partial charge < -0.3 is 15.0 Å². The number of rotatable bonds is 5. The quantitative estimate of drug-likeness (QED) is 0.803. The first-order valence-corrected chi connectivity index (χ1v) is 7.03. The minimum atomic E-state index is 0.789. The van der Waals surface area contributed by atoms with Crippen LogP contribution in [0.4, 0.5) is 0 Å². The number of nitrogens with zero attached hydrogens (tertiary/aromatic N) is 1. The van der Waals surface area contributed by atoms with E-state index in [1.54, 1.807) is 0 Å². The third-order valence-electron chi connectivity index (χ3n) is 3.92. The molecule has 0 amide bonds. The van der Waals surface area contributed by atoms with Crippen LogP contribution in [0.15, 0.2) is 18.2 Å². The van der Waals surface area contributed by atoms with Crippen LogP contribution in [-0.2, 0) is 24.5 Å². The van der Waals surface area contributed by atoms with Gasteiger partial charge in [0.25, 0.3) is 0 Å². The highest BCUT2D eigenvalue weighted by Gasteiger charge is 2.12. The maximum Gasteiger partial charge on any atom is 0.0725 e. The highest BCUT2D eigenvalue weighted by atomic mass is 16.5. The van der Waals surface area contributed by atoms with Crippen molar-refractivity contribution in [2.24, 2.45) is 0 Å². The van der Waals surface area contributed by atoms with Crippen molar-refractivity contribution in [2.45, 2.75) is 32.6 Å². The fourth-order valence-electron chi connectivity index (χ4n) is 2.81. The van der Waals surface area contributed by atoms with Gasteiger partial charge in [-0.25, -0.2) is 0 Å². The van der Waals surface area contributed by atoms with Gasteiger partial charge in [-0.05, 0) is 42.6 Å². The molecule has 1 N–H and O–H groups in total. The summed E-state index contributed by atoms with van der Waals surface area (Å²) in [5.41, 5.74) is 4.10. The van der Waals surface area contributed by atoms with Crippen molar-refractivity contribution in [2.75, 3.05) is 26.2 Å². The maximum absolute atomic E-state index is 5.44. The standard InChI is InChI=1S/C15H22N2O/c1-2-7-17(6-1)8-5-16-10-13-3-4-14-11-18-12-15(14)9-13/h3-4,9,16H,1-2,5-8,10-12H2. The Kier molecular flexibility index (Phi) is 3.93. The first-order chi connectivity index (χ1) is 8.92. The molecule has 3 nitrogen and oxygen atoms in total. The van der Waals surface area contributed by atoms with Crippen LogP contribution < -0.4 is 5.32 Å². The van der Waals surface area contributed by atoms with Crippen LogP contribution in [-0.4, -0.2) is 31.1 Å². The number of hydrogen-bond donors (Lipinski definition) is 1. The SMILES string of the molecule is c1cc2c(cc1CNCCN1CCCC1)COC2. The predicted octanol–water partition coefficient (Wildman–Crippen LogP) is 1.90. The topological polar surface area (TPSA) is 24.5 Å². The molecule has 3 heteroatoms. The van der Waals surface area contributed by atoms with E-state index in [2.05, 4.69) is 28.4 Å². The molecular formula is C15H22N2O. The van der Waals surface area contributed by atoms with Gasteiger partial charge in [0, 0.05) is 19.6 Å². The number of ether oxygens (including phenoxy) is 1. The summed E-state index contributed by atoms with van der Waals surface area (Å²) in [5.74, 6) is 0. The lowest BCUT2D eigenvalue weighted by Crippen LogP contribution is -2.29. The first kappa shape index (κ1) is 12.2. The molecule has 0 aliphatic carbocycles. The second-order valence-corrected chi connectivity index (χ2v) is 5.32. The second kappa shape index (κ2) is 5.83. The Morgan fingerprint density at radius 2 is 1.94 bits per heavy atom. The molecule has 18 heavy (non-hydrogen) atoms. The molecule has 2 heterocycles. The van der Waals surface area contributed by atoms with Gasteiger partial charge in [0.15, 0.2) is 0 Å². The summed E-state index contributed by atoms with van der Waals surface area (Å²) in [6.07, 6.45) is 2.76. The first-order valence-electron chi connectivity index (χ1n) is 7.03. The van der Waals surface area contributed by atoms with E-state index < -0.39 is 0 Å². The van der Waals surface area contributed by atoms with Crippen LogP contribution in [0.1, 0.15) is 29.5 Å². The van der Waals surface area contributed by atoms with Crippen molar-refractivity contribution in [3.05, 3.63) is 34.9 Å². The molecule has 1 fully saturated rings. The summed E-state index contributed by atoms with van der Waals surface area (Å²) in [5, 5.41) is 3.54. The smallest absolute Gasteiger partial charge is 0.0725 e. The largest absolute Gasteiger partial charge is 0.372 e. The zero-order valence-electron chi connectivity index (χ0n) is 11.0. The summed E-state index contributed by atoms with van der Waals surface area (Å²) in [4.78, 5) is 2.55. The van der Waals surface area contributed by atoms with E-state index in [1.807, 2.05) is 0 Å². The van der Waals surface area contributed by atoms with Gasteiger partial charge in [-0.15, -0.1) is 0 Å². The van der Waals surface area contributed by atoms with Crippen LogP contribution in [0, 0.1) is 0 Å². The highest BCUT2D eigenvalue weighted by molar-refractivity contribution is 5.33. The van der Waals surface area contributed by atoms with E-state index in [9.17, 15) is 0 Å². The molecule has 1 aromatic rings. The van der Waals surface area contributed by atoms with Crippen LogP contribution >= 0.6 is 0 Å². The Morgan fingerprint density at radius 1 is 1.11 bits per heavy atom. The minimum absolute atomic E-state index is 0.789. The summed E-state index contributed by atoms with van der Waals surface area (Å²) in [6, 6.07) is 6.71. The predicted molar refractivity (Wildman–Crippen MR) is 72.3 cm³/mol. The molecule has 0 aromatic heterocycles. The number of benzene rings is 1. The molecule has 1 saturated heterocycles. The molecule has 0 atom stereocenters. The Bertz CT molecular complexity index is 399. The van der Waals surface area contributed by atoms with Crippen molar-refractivity contribution in [1.82, 2.24) is 10.2 Å². The fraction of sp³-hybridized carbons (Fsp3) is 0.600. The van der Waals surface area contributed by atoms with E-state index in [-0.39, 0.29) is 0 Å². The number of likely N-dealkylation sites (tertiary alicyclic amines) is 1. The van der Waals surface area contributed by atoms with Gasteiger partial charge in [-0.3, -0.25) is 0 Å². The summed E-state index contributed by atoms with van der Waals surface area (Å²) in [6.45, 7) is 7.41. The van der Waals surface area contributed by atoms with Gasteiger partial charge in [-0.1, -0.05) is 18.2 Å². The van der Waals surface area contributed by atoms with Gasteiger partial charge >= 0.3 is 0 Å². The van der Waals surface area contributed by atoms with E-state index >= 15 is 0 Å². The fourth-order valence-corrected chi connectivity index (χ4v) is 2.81. The zero-order valence-corrected chi connectivity index (χ0v) is 11.0. The van der Waals surface area contributed by atoms with Crippen LogP contribution in [0.2, 0.25) is 0 Å². The average molecular weight is 246 g/mol. The minimum Gasteiger partial charge on any atom is -0.372 e. The van der Waals surface area contributed by atoms with Crippen LogP contribution in [0.5, 0.6) is 0 Å². The molecule has 3 rings (SSSR count). The van der Waals surface area contributed by atoms with Crippen molar-refractivity contribution in [3.8, 4) is 0 Å². The van der Waals surface area contributed by atoms with Crippen LogP contribution in [0.25, 0.3) is 0 Å². The van der Waals surface area contributed by atoms with E-state index in [0.717, 1.165) is 26.3 Å². The van der Waals surface area contributed by atoms with E-state index in [1.165, 1.54) is 49.2 Å². The molecule has 0 radical (unpaired) electrons. The third kappa shape index (κ3) is 2.91. The van der Waals surface area contributed by atoms with Crippen molar-refractivity contribution in [1.29, 1.82) is 0 Å². The summed E-state index contributed by atoms with van der Waals surface area (Å²) in [7, 11) is 0. The molecule has 0 saturated carbocycles. The lowest BCUT2D eigenvalue weighted by molar-refractivity contribution is 0.134. The van der Waals surface area contributed by atoms with Gasteiger partial charge in [0.1, 0.15) is 0 Å². The molecule has 0 spiro atoms. The number of fused-ring (bicyclic) bond motifs is 1. The van der Waals surface area contributed by atoms with Gasteiger partial charge in [0.05, 0.1) is 13.2 Å². The number of nitrogens with one attached hydrogen (secondary N) is 1. The molecular weight excluding hydrogens is 224 g/mol. The molecule has 98 valence electrons. The Morgan fingerprint density at radius 3 is 2.83 bits per heavy atom. The number of hydrogen-bond acceptors (Lipinski definition) is 3. The normalized spacial score (nSPS) is 19.3. The Hall–Kier alpha value is -0.900. The second-order valence-electron chi connectivity index (χ2n) is 5.32.